The normalized spacial score (nSPS) is 10.4. The van der Waals surface area contributed by atoms with E-state index < -0.39 is 0 Å². The number of anilines is 2. The number of benzene rings is 2. The van der Waals surface area contributed by atoms with Crippen LogP contribution in [0.1, 0.15) is 19.4 Å². The van der Waals surface area contributed by atoms with Gasteiger partial charge in [-0.25, -0.2) is 0 Å². The van der Waals surface area contributed by atoms with Gasteiger partial charge in [0.1, 0.15) is 0 Å². The van der Waals surface area contributed by atoms with Crippen LogP contribution in [-0.2, 0) is 6.42 Å². The highest BCUT2D eigenvalue weighted by Gasteiger charge is 2.17. The van der Waals surface area contributed by atoms with E-state index in [1.807, 2.05) is 35.0 Å². The first-order valence-electron chi connectivity index (χ1n) is 7.51. The van der Waals surface area contributed by atoms with E-state index in [2.05, 4.69) is 66.8 Å². The third kappa shape index (κ3) is 3.61. The number of halogens is 1. The summed E-state index contributed by atoms with van der Waals surface area (Å²) in [5.74, 6) is 0.486. The lowest BCUT2D eigenvalue weighted by Gasteiger charge is -2.31. The minimum Gasteiger partial charge on any atom is -0.314 e. The van der Waals surface area contributed by atoms with Gasteiger partial charge in [-0.1, -0.05) is 31.2 Å². The van der Waals surface area contributed by atoms with Gasteiger partial charge in [0.15, 0.2) is 0 Å². The second-order valence-corrected chi connectivity index (χ2v) is 6.26. The van der Waals surface area contributed by atoms with E-state index >= 15 is 0 Å². The molecule has 0 spiro atoms. The molecule has 0 saturated heterocycles. The Morgan fingerprint density at radius 1 is 1.09 bits per heavy atom. The van der Waals surface area contributed by atoms with Gasteiger partial charge in [-0.15, -0.1) is 0 Å². The summed E-state index contributed by atoms with van der Waals surface area (Å²) >= 11 is 2.31. The summed E-state index contributed by atoms with van der Waals surface area (Å²) in [7, 11) is 1.95. The molecular formula is C18H22IN3. The van der Waals surface area contributed by atoms with E-state index in [1.54, 1.807) is 0 Å². The standard InChI is InChI=1S/C18H22IN3/c1-4-14-9-8-10-15(13-14)22(5-2)18(20)21(3)17-12-7-6-11-16(17)19/h6-13,20H,4-5H2,1-3H3. The summed E-state index contributed by atoms with van der Waals surface area (Å²) in [4.78, 5) is 3.96. The van der Waals surface area contributed by atoms with Crippen molar-refractivity contribution in [3.63, 3.8) is 0 Å². The van der Waals surface area contributed by atoms with Crippen LogP contribution >= 0.6 is 22.6 Å². The van der Waals surface area contributed by atoms with Gasteiger partial charge in [0.2, 0.25) is 5.96 Å². The number of hydrogen-bond donors (Lipinski definition) is 1. The molecule has 0 radical (unpaired) electrons. The van der Waals surface area contributed by atoms with Crippen molar-refractivity contribution in [3.05, 3.63) is 57.7 Å². The van der Waals surface area contributed by atoms with Crippen LogP contribution in [0.25, 0.3) is 0 Å². The first-order chi connectivity index (χ1) is 10.6. The summed E-state index contributed by atoms with van der Waals surface area (Å²) in [5, 5.41) is 8.60. The molecule has 0 aliphatic rings. The maximum atomic E-state index is 8.60. The summed E-state index contributed by atoms with van der Waals surface area (Å²) in [5.41, 5.74) is 3.42. The van der Waals surface area contributed by atoms with Crippen molar-refractivity contribution >= 4 is 39.9 Å². The molecule has 1 N–H and O–H groups in total. The maximum absolute atomic E-state index is 8.60. The van der Waals surface area contributed by atoms with Gasteiger partial charge in [-0.05, 0) is 65.8 Å². The van der Waals surface area contributed by atoms with Gasteiger partial charge in [0, 0.05) is 22.8 Å². The zero-order chi connectivity index (χ0) is 16.1. The molecule has 0 aliphatic heterocycles. The molecule has 3 nitrogen and oxygen atoms in total. The van der Waals surface area contributed by atoms with Crippen molar-refractivity contribution in [1.82, 2.24) is 0 Å². The molecule has 0 aliphatic carbocycles. The zero-order valence-electron chi connectivity index (χ0n) is 13.3. The minimum atomic E-state index is 0.486. The van der Waals surface area contributed by atoms with Crippen LogP contribution in [0.3, 0.4) is 0 Å². The highest BCUT2D eigenvalue weighted by atomic mass is 127. The van der Waals surface area contributed by atoms with Crippen molar-refractivity contribution in [3.8, 4) is 0 Å². The Balaban J connectivity index is 2.30. The number of aryl methyl sites for hydroxylation is 1. The van der Waals surface area contributed by atoms with E-state index in [9.17, 15) is 0 Å². The second-order valence-electron chi connectivity index (χ2n) is 5.10. The van der Waals surface area contributed by atoms with E-state index in [0.29, 0.717) is 5.96 Å². The molecule has 2 aromatic rings. The lowest BCUT2D eigenvalue weighted by Crippen LogP contribution is -2.42. The van der Waals surface area contributed by atoms with Crippen molar-refractivity contribution < 1.29 is 0 Å². The van der Waals surface area contributed by atoms with Crippen LogP contribution in [-0.4, -0.2) is 19.6 Å². The average Bonchev–Trinajstić information content (AvgIpc) is 2.55. The zero-order valence-corrected chi connectivity index (χ0v) is 15.5. The Hall–Kier alpha value is -1.56. The number of hydrogen-bond acceptors (Lipinski definition) is 1. The highest BCUT2D eigenvalue weighted by Crippen LogP contribution is 2.24. The average molecular weight is 407 g/mol. The third-order valence-electron chi connectivity index (χ3n) is 3.73. The predicted octanol–water partition coefficient (Wildman–Crippen LogP) is 4.75. The van der Waals surface area contributed by atoms with Gasteiger partial charge in [-0.2, -0.15) is 0 Å². The summed E-state index contributed by atoms with van der Waals surface area (Å²) < 4.78 is 1.14. The number of rotatable bonds is 4. The van der Waals surface area contributed by atoms with E-state index in [-0.39, 0.29) is 0 Å². The fourth-order valence-corrected chi connectivity index (χ4v) is 3.17. The lowest BCUT2D eigenvalue weighted by atomic mass is 10.1. The van der Waals surface area contributed by atoms with Crippen LogP contribution < -0.4 is 9.80 Å². The Morgan fingerprint density at radius 3 is 2.45 bits per heavy atom. The Morgan fingerprint density at radius 2 is 1.82 bits per heavy atom. The van der Waals surface area contributed by atoms with E-state index in [4.69, 9.17) is 5.41 Å². The molecule has 0 amide bonds. The summed E-state index contributed by atoms with van der Waals surface area (Å²) in [6.45, 7) is 5.00. The minimum absolute atomic E-state index is 0.486. The van der Waals surface area contributed by atoms with Crippen molar-refractivity contribution in [1.29, 1.82) is 5.41 Å². The molecule has 0 bridgehead atoms. The van der Waals surface area contributed by atoms with Crippen LogP contribution in [0.4, 0.5) is 11.4 Å². The van der Waals surface area contributed by atoms with Gasteiger partial charge < -0.3 is 9.80 Å². The fraction of sp³-hybridized carbons (Fsp3) is 0.278. The molecule has 4 heteroatoms. The molecule has 0 aromatic heterocycles. The molecular weight excluding hydrogens is 385 g/mol. The maximum Gasteiger partial charge on any atom is 0.202 e. The number of para-hydroxylation sites is 1. The Kier molecular flexibility index (Phi) is 5.83. The van der Waals surface area contributed by atoms with Gasteiger partial charge in [-0.3, -0.25) is 5.41 Å². The number of nitrogens with one attached hydrogen (secondary N) is 1. The van der Waals surface area contributed by atoms with Crippen molar-refractivity contribution in [2.75, 3.05) is 23.4 Å². The predicted molar refractivity (Wildman–Crippen MR) is 104 cm³/mol. The fourth-order valence-electron chi connectivity index (χ4n) is 2.42. The third-order valence-corrected chi connectivity index (χ3v) is 4.65. The van der Waals surface area contributed by atoms with Crippen LogP contribution in [0.2, 0.25) is 0 Å². The largest absolute Gasteiger partial charge is 0.314 e. The quantitative estimate of drug-likeness (QED) is 0.451. The van der Waals surface area contributed by atoms with Gasteiger partial charge in [0.05, 0.1) is 5.69 Å². The Labute approximate surface area is 146 Å². The smallest absolute Gasteiger partial charge is 0.202 e. The van der Waals surface area contributed by atoms with Crippen molar-refractivity contribution in [2.45, 2.75) is 20.3 Å². The lowest BCUT2D eigenvalue weighted by molar-refractivity contribution is 0.999. The van der Waals surface area contributed by atoms with Crippen LogP contribution in [0.15, 0.2) is 48.5 Å². The molecule has 0 fully saturated rings. The van der Waals surface area contributed by atoms with Crippen LogP contribution in [0, 0.1) is 8.98 Å². The second kappa shape index (κ2) is 7.63. The molecule has 0 heterocycles. The number of nitrogens with zero attached hydrogens (tertiary/aromatic N) is 2. The molecule has 0 unspecified atom stereocenters. The molecule has 0 saturated carbocycles. The van der Waals surface area contributed by atoms with E-state index in [0.717, 1.165) is 27.9 Å². The van der Waals surface area contributed by atoms with Gasteiger partial charge in [0.25, 0.3) is 0 Å². The highest BCUT2D eigenvalue weighted by molar-refractivity contribution is 14.1. The molecule has 2 aromatic carbocycles. The molecule has 0 atom stereocenters. The first kappa shape index (κ1) is 16.8. The molecule has 116 valence electrons. The summed E-state index contributed by atoms with van der Waals surface area (Å²) in [6.07, 6.45) is 1.01. The first-order valence-corrected chi connectivity index (χ1v) is 8.59. The topological polar surface area (TPSA) is 30.3 Å². The van der Waals surface area contributed by atoms with Crippen LogP contribution in [0.5, 0.6) is 0 Å². The van der Waals surface area contributed by atoms with E-state index in [1.165, 1.54) is 5.56 Å². The summed E-state index contributed by atoms with van der Waals surface area (Å²) in [6, 6.07) is 16.6. The van der Waals surface area contributed by atoms with Gasteiger partial charge >= 0.3 is 0 Å². The molecule has 2 rings (SSSR count). The van der Waals surface area contributed by atoms with Crippen molar-refractivity contribution in [2.24, 2.45) is 0 Å². The monoisotopic (exact) mass is 407 g/mol. The number of guanidine groups is 1. The Bertz CT molecular complexity index is 654. The SMILES string of the molecule is CCc1cccc(N(CC)C(=N)N(C)c2ccccc2I)c1. The molecule has 22 heavy (non-hydrogen) atoms.